The molecule has 6 nitrogen and oxygen atoms in total. The Hall–Kier alpha value is -2.25. The monoisotopic (exact) mass is 330 g/mol. The number of nitrogens with one attached hydrogen (secondary N) is 2. The number of methoxy groups -OCH3 is 1. The SMILES string of the molecule is COC(C)c1nnc(NC(=O)c2cccc3c(C)c(C)[nH]c23)s1. The minimum absolute atomic E-state index is 0.143. The van der Waals surface area contributed by atoms with Gasteiger partial charge in [0, 0.05) is 18.2 Å². The van der Waals surface area contributed by atoms with Gasteiger partial charge >= 0.3 is 0 Å². The number of nitrogens with zero attached hydrogens (tertiary/aromatic N) is 2. The second-order valence-electron chi connectivity index (χ2n) is 5.38. The van der Waals surface area contributed by atoms with Gasteiger partial charge in [-0.3, -0.25) is 10.1 Å². The third-order valence-corrected chi connectivity index (χ3v) is 4.95. The number of aromatic nitrogens is 3. The lowest BCUT2D eigenvalue weighted by Gasteiger charge is -2.04. The zero-order valence-electron chi connectivity index (χ0n) is 13.4. The number of aromatic amines is 1. The first-order valence-electron chi connectivity index (χ1n) is 7.26. The van der Waals surface area contributed by atoms with Crippen LogP contribution >= 0.6 is 11.3 Å². The van der Waals surface area contributed by atoms with E-state index in [1.807, 2.05) is 32.9 Å². The van der Waals surface area contributed by atoms with Gasteiger partial charge in [0.1, 0.15) is 11.1 Å². The van der Waals surface area contributed by atoms with E-state index >= 15 is 0 Å². The Bertz CT molecular complexity index is 868. The van der Waals surface area contributed by atoms with Gasteiger partial charge in [0.2, 0.25) is 5.13 Å². The number of hydrogen-bond donors (Lipinski definition) is 2. The minimum atomic E-state index is -0.204. The molecule has 2 N–H and O–H groups in total. The molecule has 23 heavy (non-hydrogen) atoms. The Kier molecular flexibility index (Phi) is 4.14. The molecule has 0 saturated heterocycles. The summed E-state index contributed by atoms with van der Waals surface area (Å²) in [6.07, 6.45) is -0.143. The molecule has 1 unspecified atom stereocenters. The number of H-pyrrole nitrogens is 1. The van der Waals surface area contributed by atoms with Gasteiger partial charge < -0.3 is 9.72 Å². The smallest absolute Gasteiger partial charge is 0.259 e. The maximum absolute atomic E-state index is 12.6. The number of fused-ring (bicyclic) bond motifs is 1. The number of anilines is 1. The third kappa shape index (κ3) is 2.85. The molecule has 0 spiro atoms. The van der Waals surface area contributed by atoms with Crippen LogP contribution in [0.5, 0.6) is 0 Å². The van der Waals surface area contributed by atoms with E-state index in [0.717, 1.165) is 27.2 Å². The summed E-state index contributed by atoms with van der Waals surface area (Å²) in [5.74, 6) is -0.204. The topological polar surface area (TPSA) is 79.9 Å². The maximum Gasteiger partial charge on any atom is 0.259 e. The molecule has 0 saturated carbocycles. The van der Waals surface area contributed by atoms with E-state index in [9.17, 15) is 4.79 Å². The lowest BCUT2D eigenvalue weighted by Crippen LogP contribution is -2.12. The van der Waals surface area contributed by atoms with Gasteiger partial charge in [0.25, 0.3) is 5.91 Å². The van der Waals surface area contributed by atoms with Gasteiger partial charge in [-0.1, -0.05) is 23.5 Å². The summed E-state index contributed by atoms with van der Waals surface area (Å²) in [5, 5.41) is 13.1. The number of amides is 1. The van der Waals surface area contributed by atoms with Crippen molar-refractivity contribution in [3.63, 3.8) is 0 Å². The molecular formula is C16H18N4O2S. The molecule has 3 aromatic rings. The number of hydrogen-bond acceptors (Lipinski definition) is 5. The summed E-state index contributed by atoms with van der Waals surface area (Å²) in [6.45, 7) is 5.93. The number of ether oxygens (including phenoxy) is 1. The van der Waals surface area contributed by atoms with Crippen molar-refractivity contribution in [3.8, 4) is 0 Å². The van der Waals surface area contributed by atoms with Crippen molar-refractivity contribution < 1.29 is 9.53 Å². The Morgan fingerprint density at radius 2 is 2.13 bits per heavy atom. The molecule has 1 amide bonds. The van der Waals surface area contributed by atoms with Crippen LogP contribution in [-0.2, 0) is 4.74 Å². The van der Waals surface area contributed by atoms with Gasteiger partial charge in [0.15, 0.2) is 0 Å². The molecule has 3 rings (SSSR count). The van der Waals surface area contributed by atoms with Crippen LogP contribution in [0.4, 0.5) is 5.13 Å². The van der Waals surface area contributed by atoms with Crippen LogP contribution in [0.3, 0.4) is 0 Å². The zero-order chi connectivity index (χ0) is 16.6. The van der Waals surface area contributed by atoms with Gasteiger partial charge in [-0.25, -0.2) is 0 Å². The Morgan fingerprint density at radius 1 is 1.35 bits per heavy atom. The van der Waals surface area contributed by atoms with Crippen LogP contribution in [0.1, 0.15) is 39.7 Å². The third-order valence-electron chi connectivity index (χ3n) is 3.95. The fourth-order valence-electron chi connectivity index (χ4n) is 2.39. The maximum atomic E-state index is 12.6. The van der Waals surface area contributed by atoms with Gasteiger partial charge in [0.05, 0.1) is 11.1 Å². The van der Waals surface area contributed by atoms with E-state index in [1.165, 1.54) is 11.3 Å². The Morgan fingerprint density at radius 3 is 2.87 bits per heavy atom. The van der Waals surface area contributed by atoms with E-state index in [0.29, 0.717) is 10.7 Å². The van der Waals surface area contributed by atoms with Crippen molar-refractivity contribution in [3.05, 3.63) is 40.0 Å². The first-order chi connectivity index (χ1) is 11.0. The molecule has 120 valence electrons. The molecular weight excluding hydrogens is 312 g/mol. The van der Waals surface area contributed by atoms with Crippen LogP contribution < -0.4 is 5.32 Å². The van der Waals surface area contributed by atoms with Crippen molar-refractivity contribution in [2.75, 3.05) is 12.4 Å². The standard InChI is InChI=1S/C16H18N4O2S/c1-8-9(2)17-13-11(8)6-5-7-12(13)14(21)18-16-20-19-15(23-16)10(3)22-4/h5-7,10,17H,1-4H3,(H,18,20,21). The van der Waals surface area contributed by atoms with E-state index in [4.69, 9.17) is 4.74 Å². The number of benzene rings is 1. The summed E-state index contributed by atoms with van der Waals surface area (Å²) in [4.78, 5) is 15.9. The van der Waals surface area contributed by atoms with E-state index in [1.54, 1.807) is 13.2 Å². The van der Waals surface area contributed by atoms with Crippen molar-refractivity contribution >= 4 is 33.3 Å². The summed E-state index contributed by atoms with van der Waals surface area (Å²) in [6, 6.07) is 5.69. The lowest BCUT2D eigenvalue weighted by molar-refractivity contribution is 0.102. The number of para-hydroxylation sites is 1. The highest BCUT2D eigenvalue weighted by atomic mass is 32.1. The molecule has 1 aromatic carbocycles. The molecule has 2 aromatic heterocycles. The van der Waals surface area contributed by atoms with Gasteiger partial charge in [-0.2, -0.15) is 0 Å². The number of aryl methyl sites for hydroxylation is 2. The highest BCUT2D eigenvalue weighted by Gasteiger charge is 2.17. The minimum Gasteiger partial charge on any atom is -0.374 e. The zero-order valence-corrected chi connectivity index (χ0v) is 14.2. The average molecular weight is 330 g/mol. The van der Waals surface area contributed by atoms with Crippen LogP contribution in [0.25, 0.3) is 10.9 Å². The van der Waals surface area contributed by atoms with Gasteiger partial charge in [-0.15, -0.1) is 10.2 Å². The molecule has 0 aliphatic rings. The van der Waals surface area contributed by atoms with Crippen LogP contribution in [-0.4, -0.2) is 28.2 Å². The second kappa shape index (κ2) is 6.10. The Balaban J connectivity index is 1.89. The summed E-state index contributed by atoms with van der Waals surface area (Å²) < 4.78 is 5.20. The highest BCUT2D eigenvalue weighted by molar-refractivity contribution is 7.15. The molecule has 0 aliphatic carbocycles. The summed E-state index contributed by atoms with van der Waals surface area (Å²) in [7, 11) is 1.61. The highest BCUT2D eigenvalue weighted by Crippen LogP contribution is 2.26. The number of carbonyl (C=O) groups excluding carboxylic acids is 1. The van der Waals surface area contributed by atoms with Crippen molar-refractivity contribution in [1.82, 2.24) is 15.2 Å². The molecule has 7 heteroatoms. The van der Waals surface area contributed by atoms with Crippen LogP contribution in [0.2, 0.25) is 0 Å². The fourth-order valence-corrected chi connectivity index (χ4v) is 3.15. The predicted molar refractivity (Wildman–Crippen MR) is 91.1 cm³/mol. The fraction of sp³-hybridized carbons (Fsp3) is 0.312. The van der Waals surface area contributed by atoms with Gasteiger partial charge in [-0.05, 0) is 32.4 Å². The predicted octanol–water partition coefficient (Wildman–Crippen LogP) is 3.60. The van der Waals surface area contributed by atoms with E-state index in [2.05, 4.69) is 20.5 Å². The van der Waals surface area contributed by atoms with Crippen molar-refractivity contribution in [2.24, 2.45) is 0 Å². The molecule has 0 fully saturated rings. The lowest BCUT2D eigenvalue weighted by atomic mass is 10.1. The molecule has 0 radical (unpaired) electrons. The first kappa shape index (κ1) is 15.6. The molecule has 0 bridgehead atoms. The quantitative estimate of drug-likeness (QED) is 0.766. The van der Waals surface area contributed by atoms with Crippen LogP contribution in [0.15, 0.2) is 18.2 Å². The Labute approximate surface area is 137 Å². The second-order valence-corrected chi connectivity index (χ2v) is 6.39. The molecule has 0 aliphatic heterocycles. The molecule has 1 atom stereocenters. The number of rotatable bonds is 4. The van der Waals surface area contributed by atoms with Crippen molar-refractivity contribution in [2.45, 2.75) is 26.9 Å². The molecule has 2 heterocycles. The largest absolute Gasteiger partial charge is 0.374 e. The number of carbonyl (C=O) groups is 1. The van der Waals surface area contributed by atoms with Crippen molar-refractivity contribution in [1.29, 1.82) is 0 Å². The summed E-state index contributed by atoms with van der Waals surface area (Å²) in [5.41, 5.74) is 3.65. The summed E-state index contributed by atoms with van der Waals surface area (Å²) >= 11 is 1.31. The normalized spacial score (nSPS) is 12.5. The first-order valence-corrected chi connectivity index (χ1v) is 8.08. The van der Waals surface area contributed by atoms with E-state index < -0.39 is 0 Å². The van der Waals surface area contributed by atoms with Crippen LogP contribution in [0, 0.1) is 13.8 Å². The van der Waals surface area contributed by atoms with E-state index in [-0.39, 0.29) is 12.0 Å². The average Bonchev–Trinajstić information content (AvgIpc) is 3.12.